The summed E-state index contributed by atoms with van der Waals surface area (Å²) < 4.78 is 5.21. The zero-order chi connectivity index (χ0) is 16.0. The number of urea groups is 1. The summed E-state index contributed by atoms with van der Waals surface area (Å²) in [7, 11) is 1.72. The van der Waals surface area contributed by atoms with Crippen LogP contribution in [-0.4, -0.2) is 55.4 Å². The summed E-state index contributed by atoms with van der Waals surface area (Å²) in [6.07, 6.45) is 6.85. The topological polar surface area (TPSA) is 78.9 Å². The van der Waals surface area contributed by atoms with Gasteiger partial charge in [0.05, 0.1) is 5.92 Å². The van der Waals surface area contributed by atoms with Gasteiger partial charge >= 0.3 is 12.0 Å². The lowest BCUT2D eigenvalue weighted by atomic mass is 9.83. The fourth-order valence-corrected chi connectivity index (χ4v) is 3.66. The predicted molar refractivity (Wildman–Crippen MR) is 82.7 cm³/mol. The van der Waals surface area contributed by atoms with Gasteiger partial charge in [0.15, 0.2) is 0 Å². The maximum absolute atomic E-state index is 12.3. The Morgan fingerprint density at radius 3 is 2.45 bits per heavy atom. The molecule has 1 aliphatic carbocycles. The van der Waals surface area contributed by atoms with E-state index >= 15 is 0 Å². The second kappa shape index (κ2) is 7.81. The van der Waals surface area contributed by atoms with Crippen molar-refractivity contribution in [3.05, 3.63) is 0 Å². The molecule has 0 unspecified atom stereocenters. The van der Waals surface area contributed by atoms with Gasteiger partial charge in [-0.25, -0.2) is 4.79 Å². The highest BCUT2D eigenvalue weighted by Gasteiger charge is 2.34. The molecule has 1 saturated heterocycles. The number of carboxylic acids is 1. The molecule has 1 aliphatic heterocycles. The number of methoxy groups -OCH3 is 1. The largest absolute Gasteiger partial charge is 0.481 e. The summed E-state index contributed by atoms with van der Waals surface area (Å²) in [6, 6.07) is -0.0486. The lowest BCUT2D eigenvalue weighted by molar-refractivity contribution is -0.143. The van der Waals surface area contributed by atoms with Crippen molar-refractivity contribution in [2.75, 3.05) is 33.4 Å². The second-order valence-corrected chi connectivity index (χ2v) is 6.71. The van der Waals surface area contributed by atoms with Crippen LogP contribution in [0.1, 0.15) is 44.9 Å². The highest BCUT2D eigenvalue weighted by Crippen LogP contribution is 2.40. The van der Waals surface area contributed by atoms with Gasteiger partial charge in [-0.05, 0) is 37.5 Å². The number of likely N-dealkylation sites (tertiary alicyclic amines) is 1. The maximum atomic E-state index is 12.3. The molecule has 0 radical (unpaired) electrons. The molecule has 2 amide bonds. The molecular formula is C16H28N2O4. The quantitative estimate of drug-likeness (QED) is 0.787. The van der Waals surface area contributed by atoms with E-state index in [2.05, 4.69) is 5.32 Å². The Morgan fingerprint density at radius 1 is 1.27 bits per heavy atom. The summed E-state index contributed by atoms with van der Waals surface area (Å²) in [5, 5.41) is 12.1. The standard InChI is InChI=1S/C16H28N2O4/c1-22-11-8-16(6-2-3-7-16)12-17-15(21)18-9-4-13(5-10-18)14(19)20/h13H,2-12H2,1H3,(H,17,21)(H,19,20). The van der Waals surface area contributed by atoms with Crippen molar-refractivity contribution in [1.29, 1.82) is 0 Å². The molecule has 0 aromatic carbocycles. The van der Waals surface area contributed by atoms with Crippen LogP contribution in [0.3, 0.4) is 0 Å². The van der Waals surface area contributed by atoms with Crippen LogP contribution in [0, 0.1) is 11.3 Å². The molecule has 0 atom stereocenters. The van der Waals surface area contributed by atoms with Gasteiger partial charge in [-0.1, -0.05) is 12.8 Å². The van der Waals surface area contributed by atoms with Crippen LogP contribution < -0.4 is 5.32 Å². The highest BCUT2D eigenvalue weighted by molar-refractivity contribution is 5.75. The van der Waals surface area contributed by atoms with Gasteiger partial charge in [0.2, 0.25) is 0 Å². The number of rotatable bonds is 6. The zero-order valence-electron chi connectivity index (χ0n) is 13.5. The number of nitrogens with one attached hydrogen (secondary N) is 1. The summed E-state index contributed by atoms with van der Waals surface area (Å²) in [5.41, 5.74) is 0.186. The Balaban J connectivity index is 1.78. The lowest BCUT2D eigenvalue weighted by Gasteiger charge is -2.33. The number of hydrogen-bond donors (Lipinski definition) is 2. The van der Waals surface area contributed by atoms with Crippen molar-refractivity contribution < 1.29 is 19.4 Å². The summed E-state index contributed by atoms with van der Waals surface area (Å²) >= 11 is 0. The molecule has 22 heavy (non-hydrogen) atoms. The number of carbonyl (C=O) groups excluding carboxylic acids is 1. The molecule has 0 aromatic heterocycles. The fourth-order valence-electron chi connectivity index (χ4n) is 3.66. The molecule has 126 valence electrons. The first-order chi connectivity index (χ1) is 10.6. The van der Waals surface area contributed by atoms with Crippen molar-refractivity contribution >= 4 is 12.0 Å². The van der Waals surface area contributed by atoms with E-state index in [1.807, 2.05) is 0 Å². The molecule has 6 heteroatoms. The molecule has 0 bridgehead atoms. The number of nitrogens with zero attached hydrogens (tertiary/aromatic N) is 1. The van der Waals surface area contributed by atoms with Gasteiger partial charge in [-0.3, -0.25) is 4.79 Å². The first-order valence-corrected chi connectivity index (χ1v) is 8.31. The van der Waals surface area contributed by atoms with Crippen molar-refractivity contribution in [3.63, 3.8) is 0 Å². The Bertz CT molecular complexity index is 386. The molecule has 6 nitrogen and oxygen atoms in total. The van der Waals surface area contributed by atoms with E-state index in [1.165, 1.54) is 12.8 Å². The van der Waals surface area contributed by atoms with Crippen LogP contribution in [0.15, 0.2) is 0 Å². The SMILES string of the molecule is COCCC1(CNC(=O)N2CCC(C(=O)O)CC2)CCCC1. The first-order valence-electron chi connectivity index (χ1n) is 8.31. The van der Waals surface area contributed by atoms with Crippen LogP contribution >= 0.6 is 0 Å². The number of carboxylic acid groups (broad SMARTS) is 1. The molecule has 1 saturated carbocycles. The molecule has 0 spiro atoms. The van der Waals surface area contributed by atoms with E-state index in [4.69, 9.17) is 9.84 Å². The molecule has 2 N–H and O–H groups in total. The molecular weight excluding hydrogens is 284 g/mol. The number of amides is 2. The summed E-state index contributed by atoms with van der Waals surface area (Å²) in [5.74, 6) is -1.04. The molecule has 2 fully saturated rings. The van der Waals surface area contributed by atoms with Gasteiger partial charge in [0.25, 0.3) is 0 Å². The van der Waals surface area contributed by atoms with Crippen LogP contribution in [0.2, 0.25) is 0 Å². The van der Waals surface area contributed by atoms with E-state index in [9.17, 15) is 9.59 Å². The van der Waals surface area contributed by atoms with Gasteiger partial charge in [-0.15, -0.1) is 0 Å². The normalized spacial score (nSPS) is 21.8. The average molecular weight is 312 g/mol. The Hall–Kier alpha value is -1.30. The van der Waals surface area contributed by atoms with Gasteiger partial charge in [-0.2, -0.15) is 0 Å². The van der Waals surface area contributed by atoms with Crippen molar-refractivity contribution in [3.8, 4) is 0 Å². The Morgan fingerprint density at radius 2 is 1.91 bits per heavy atom. The van der Waals surface area contributed by atoms with Gasteiger partial charge in [0.1, 0.15) is 0 Å². The van der Waals surface area contributed by atoms with Crippen LogP contribution in [-0.2, 0) is 9.53 Å². The van der Waals surface area contributed by atoms with Gasteiger partial charge < -0.3 is 20.1 Å². The number of carbonyl (C=O) groups is 2. The third-order valence-electron chi connectivity index (χ3n) is 5.25. The lowest BCUT2D eigenvalue weighted by Crippen LogP contribution is -2.48. The van der Waals surface area contributed by atoms with E-state index in [-0.39, 0.29) is 17.4 Å². The third kappa shape index (κ3) is 4.35. The number of ether oxygens (including phenoxy) is 1. The molecule has 0 aromatic rings. The number of hydrogen-bond acceptors (Lipinski definition) is 3. The Labute approximate surface area is 132 Å². The van der Waals surface area contributed by atoms with E-state index in [1.54, 1.807) is 12.0 Å². The van der Waals surface area contributed by atoms with Crippen LogP contribution in [0.5, 0.6) is 0 Å². The Kier molecular flexibility index (Phi) is 6.06. The summed E-state index contributed by atoms with van der Waals surface area (Å²) in [4.78, 5) is 25.0. The monoisotopic (exact) mass is 312 g/mol. The number of piperidine rings is 1. The van der Waals surface area contributed by atoms with E-state index in [0.717, 1.165) is 25.9 Å². The minimum Gasteiger partial charge on any atom is -0.481 e. The van der Waals surface area contributed by atoms with Crippen molar-refractivity contribution in [1.82, 2.24) is 10.2 Å². The van der Waals surface area contributed by atoms with Gasteiger partial charge in [0, 0.05) is 33.4 Å². The third-order valence-corrected chi connectivity index (χ3v) is 5.25. The summed E-state index contributed by atoms with van der Waals surface area (Å²) in [6.45, 7) is 2.51. The molecule has 1 heterocycles. The smallest absolute Gasteiger partial charge is 0.317 e. The molecule has 2 rings (SSSR count). The van der Waals surface area contributed by atoms with Crippen molar-refractivity contribution in [2.45, 2.75) is 44.9 Å². The van der Waals surface area contributed by atoms with E-state index in [0.29, 0.717) is 32.5 Å². The number of aliphatic carboxylic acids is 1. The predicted octanol–water partition coefficient (Wildman–Crippen LogP) is 2.09. The minimum absolute atomic E-state index is 0.0486. The fraction of sp³-hybridized carbons (Fsp3) is 0.875. The minimum atomic E-state index is -0.746. The van der Waals surface area contributed by atoms with Crippen LogP contribution in [0.25, 0.3) is 0 Å². The average Bonchev–Trinajstić information content (AvgIpc) is 3.00. The first kappa shape index (κ1) is 17.1. The zero-order valence-corrected chi connectivity index (χ0v) is 13.5. The maximum Gasteiger partial charge on any atom is 0.317 e. The van der Waals surface area contributed by atoms with Crippen LogP contribution in [0.4, 0.5) is 4.79 Å². The van der Waals surface area contributed by atoms with E-state index < -0.39 is 5.97 Å². The highest BCUT2D eigenvalue weighted by atomic mass is 16.5. The second-order valence-electron chi connectivity index (χ2n) is 6.71. The van der Waals surface area contributed by atoms with Crippen molar-refractivity contribution in [2.24, 2.45) is 11.3 Å². The molecule has 2 aliphatic rings.